The van der Waals surface area contributed by atoms with Gasteiger partial charge >= 0.3 is 0 Å². The summed E-state index contributed by atoms with van der Waals surface area (Å²) in [6, 6.07) is 14.8. The Hall–Kier alpha value is -2.18. The minimum absolute atomic E-state index is 0.0388. The normalized spacial score (nSPS) is 15.4. The van der Waals surface area contributed by atoms with E-state index < -0.39 is 10.0 Å². The molecule has 156 valence electrons. The van der Waals surface area contributed by atoms with Crippen molar-refractivity contribution in [2.45, 2.75) is 56.8 Å². The summed E-state index contributed by atoms with van der Waals surface area (Å²) in [4.78, 5) is 12.7. The Kier molecular flexibility index (Phi) is 7.09. The van der Waals surface area contributed by atoms with Crippen LogP contribution in [0.3, 0.4) is 0 Å². The van der Waals surface area contributed by atoms with E-state index in [0.717, 1.165) is 36.1 Å². The fourth-order valence-corrected chi connectivity index (χ4v) is 5.18. The van der Waals surface area contributed by atoms with Crippen molar-refractivity contribution >= 4 is 21.6 Å². The Morgan fingerprint density at radius 1 is 1.00 bits per heavy atom. The molecule has 0 spiro atoms. The van der Waals surface area contributed by atoms with Crippen molar-refractivity contribution in [3.8, 4) is 0 Å². The zero-order chi connectivity index (χ0) is 20.9. The van der Waals surface area contributed by atoms with Crippen LogP contribution in [-0.4, -0.2) is 31.7 Å². The maximum atomic E-state index is 12.7. The molecule has 0 aliphatic carbocycles. The molecule has 1 heterocycles. The van der Waals surface area contributed by atoms with Crippen LogP contribution in [0.5, 0.6) is 0 Å². The molecule has 0 atom stereocenters. The zero-order valence-corrected chi connectivity index (χ0v) is 18.0. The average Bonchev–Trinajstić information content (AvgIpc) is 2.73. The quantitative estimate of drug-likeness (QED) is 0.722. The molecule has 29 heavy (non-hydrogen) atoms. The van der Waals surface area contributed by atoms with E-state index in [-0.39, 0.29) is 5.91 Å². The molecule has 0 aromatic heterocycles. The molecule has 2 aromatic rings. The summed E-state index contributed by atoms with van der Waals surface area (Å²) < 4.78 is 27.0. The number of hydrogen-bond acceptors (Lipinski definition) is 3. The maximum Gasteiger partial charge on any atom is 0.243 e. The smallest absolute Gasteiger partial charge is 0.243 e. The van der Waals surface area contributed by atoms with Gasteiger partial charge in [0.15, 0.2) is 0 Å². The summed E-state index contributed by atoms with van der Waals surface area (Å²) in [5, 5.41) is 3.00. The van der Waals surface area contributed by atoms with Crippen LogP contribution >= 0.6 is 0 Å². The number of benzene rings is 2. The van der Waals surface area contributed by atoms with Crippen molar-refractivity contribution in [3.05, 3.63) is 59.7 Å². The monoisotopic (exact) mass is 414 g/mol. The van der Waals surface area contributed by atoms with Crippen LogP contribution in [0.15, 0.2) is 53.4 Å². The average molecular weight is 415 g/mol. The van der Waals surface area contributed by atoms with Crippen LogP contribution in [0.2, 0.25) is 0 Å². The highest BCUT2D eigenvalue weighted by molar-refractivity contribution is 7.89. The van der Waals surface area contributed by atoms with Gasteiger partial charge in [-0.2, -0.15) is 4.31 Å². The number of hydrogen-bond donors (Lipinski definition) is 1. The Labute approximate surface area is 174 Å². The number of nitrogens with one attached hydrogen (secondary N) is 1. The summed E-state index contributed by atoms with van der Waals surface area (Å²) >= 11 is 0. The standard InChI is InChI=1S/C23H30N2O3S/c1-18(2)21-8-4-5-9-22(21)24-23(26)15-12-19-10-13-20(14-11-19)29(27,28)25-16-6-3-7-17-25/h4-5,8-11,13-14,18H,3,6-7,12,15-17H2,1-2H3,(H,24,26). The fourth-order valence-electron chi connectivity index (χ4n) is 3.67. The number of amides is 1. The number of rotatable bonds is 7. The molecule has 0 saturated carbocycles. The first-order chi connectivity index (χ1) is 13.9. The van der Waals surface area contributed by atoms with E-state index in [1.54, 1.807) is 16.4 Å². The van der Waals surface area contributed by atoms with Crippen LogP contribution in [0.4, 0.5) is 5.69 Å². The zero-order valence-electron chi connectivity index (χ0n) is 17.2. The van der Waals surface area contributed by atoms with E-state index in [0.29, 0.717) is 36.7 Å². The van der Waals surface area contributed by atoms with E-state index in [2.05, 4.69) is 19.2 Å². The minimum atomic E-state index is -3.41. The lowest BCUT2D eigenvalue weighted by Crippen LogP contribution is -2.35. The van der Waals surface area contributed by atoms with Crippen LogP contribution in [0.1, 0.15) is 56.6 Å². The molecule has 6 heteroatoms. The fraction of sp³-hybridized carbons (Fsp3) is 0.435. The first-order valence-corrected chi connectivity index (χ1v) is 11.8. The van der Waals surface area contributed by atoms with E-state index in [4.69, 9.17) is 0 Å². The highest BCUT2D eigenvalue weighted by atomic mass is 32.2. The first-order valence-electron chi connectivity index (χ1n) is 10.4. The van der Waals surface area contributed by atoms with Gasteiger partial charge in [-0.05, 0) is 54.5 Å². The SMILES string of the molecule is CC(C)c1ccccc1NC(=O)CCc1ccc(S(=O)(=O)N2CCCCC2)cc1. The Balaban J connectivity index is 1.58. The molecule has 1 saturated heterocycles. The number of para-hydroxylation sites is 1. The van der Waals surface area contributed by atoms with Crippen molar-refractivity contribution in [2.75, 3.05) is 18.4 Å². The van der Waals surface area contributed by atoms with Gasteiger partial charge in [0.1, 0.15) is 0 Å². The van der Waals surface area contributed by atoms with E-state index in [1.807, 2.05) is 36.4 Å². The number of nitrogens with zero attached hydrogens (tertiary/aromatic N) is 1. The molecule has 1 amide bonds. The molecule has 5 nitrogen and oxygen atoms in total. The number of aryl methyl sites for hydroxylation is 1. The van der Waals surface area contributed by atoms with Gasteiger partial charge < -0.3 is 5.32 Å². The highest BCUT2D eigenvalue weighted by Gasteiger charge is 2.25. The van der Waals surface area contributed by atoms with E-state index >= 15 is 0 Å². The van der Waals surface area contributed by atoms with Crippen molar-refractivity contribution in [1.29, 1.82) is 0 Å². The highest BCUT2D eigenvalue weighted by Crippen LogP contribution is 2.24. The summed E-state index contributed by atoms with van der Waals surface area (Å²) in [5.74, 6) is 0.295. The van der Waals surface area contributed by atoms with Crippen molar-refractivity contribution < 1.29 is 13.2 Å². The van der Waals surface area contributed by atoms with Crippen molar-refractivity contribution in [3.63, 3.8) is 0 Å². The second-order valence-corrected chi connectivity index (χ2v) is 9.84. The third-order valence-corrected chi connectivity index (χ3v) is 7.29. The number of piperidine rings is 1. The molecule has 0 radical (unpaired) electrons. The molecular weight excluding hydrogens is 384 g/mol. The van der Waals surface area contributed by atoms with Gasteiger partial charge in [0.2, 0.25) is 15.9 Å². The third kappa shape index (κ3) is 5.46. The third-order valence-electron chi connectivity index (χ3n) is 5.37. The van der Waals surface area contributed by atoms with E-state index in [1.165, 1.54) is 0 Å². The van der Waals surface area contributed by atoms with Crippen molar-refractivity contribution in [1.82, 2.24) is 4.31 Å². The molecule has 0 bridgehead atoms. The van der Waals surface area contributed by atoms with Gasteiger partial charge in [0.25, 0.3) is 0 Å². The topological polar surface area (TPSA) is 66.5 Å². The van der Waals surface area contributed by atoms with E-state index in [9.17, 15) is 13.2 Å². The van der Waals surface area contributed by atoms with Crippen LogP contribution < -0.4 is 5.32 Å². The number of sulfonamides is 1. The lowest BCUT2D eigenvalue weighted by atomic mass is 10.0. The Bertz CT molecular complexity index is 931. The summed E-state index contributed by atoms with van der Waals surface area (Å²) in [6.45, 7) is 5.40. The molecular formula is C23H30N2O3S. The van der Waals surface area contributed by atoms with Gasteiger partial charge in [-0.3, -0.25) is 4.79 Å². The molecule has 2 aromatic carbocycles. The van der Waals surface area contributed by atoms with Gasteiger partial charge in [-0.15, -0.1) is 0 Å². The van der Waals surface area contributed by atoms with Gasteiger partial charge in [0.05, 0.1) is 4.90 Å². The Morgan fingerprint density at radius 2 is 1.66 bits per heavy atom. The van der Waals surface area contributed by atoms with Crippen LogP contribution in [-0.2, 0) is 21.2 Å². The predicted octanol–water partition coefficient (Wildman–Crippen LogP) is 4.56. The molecule has 1 N–H and O–H groups in total. The largest absolute Gasteiger partial charge is 0.326 e. The van der Waals surface area contributed by atoms with Crippen LogP contribution in [0, 0.1) is 0 Å². The summed E-state index contributed by atoms with van der Waals surface area (Å²) in [6.07, 6.45) is 3.86. The lowest BCUT2D eigenvalue weighted by molar-refractivity contribution is -0.116. The second kappa shape index (κ2) is 9.55. The molecule has 1 fully saturated rings. The number of carbonyl (C=O) groups excluding carboxylic acids is 1. The first kappa shape index (κ1) is 21.5. The minimum Gasteiger partial charge on any atom is -0.326 e. The van der Waals surface area contributed by atoms with Gasteiger partial charge in [-0.1, -0.05) is 50.6 Å². The number of carbonyl (C=O) groups is 1. The molecule has 3 rings (SSSR count). The van der Waals surface area contributed by atoms with Gasteiger partial charge in [0, 0.05) is 25.2 Å². The number of anilines is 1. The van der Waals surface area contributed by atoms with Crippen molar-refractivity contribution in [2.24, 2.45) is 0 Å². The lowest BCUT2D eigenvalue weighted by Gasteiger charge is -2.25. The Morgan fingerprint density at radius 3 is 2.31 bits per heavy atom. The van der Waals surface area contributed by atoms with Gasteiger partial charge in [-0.25, -0.2) is 8.42 Å². The maximum absolute atomic E-state index is 12.7. The summed E-state index contributed by atoms with van der Waals surface area (Å²) in [5.41, 5.74) is 2.93. The summed E-state index contributed by atoms with van der Waals surface area (Å²) in [7, 11) is -3.41. The molecule has 0 unspecified atom stereocenters. The second-order valence-electron chi connectivity index (χ2n) is 7.90. The van der Waals surface area contributed by atoms with Crippen LogP contribution in [0.25, 0.3) is 0 Å². The molecule has 1 aliphatic rings. The predicted molar refractivity (Wildman–Crippen MR) is 117 cm³/mol. The molecule has 1 aliphatic heterocycles.